The van der Waals surface area contributed by atoms with Crippen LogP contribution in [0, 0.1) is 0 Å². The molecule has 3 nitrogen and oxygen atoms in total. The van der Waals surface area contributed by atoms with Crippen molar-refractivity contribution in [3.05, 3.63) is 29.6 Å². The van der Waals surface area contributed by atoms with Gasteiger partial charge < -0.3 is 5.32 Å². The van der Waals surface area contributed by atoms with Crippen LogP contribution in [0.3, 0.4) is 0 Å². The van der Waals surface area contributed by atoms with E-state index in [0.717, 1.165) is 19.1 Å². The minimum Gasteiger partial charge on any atom is -0.308 e. The second kappa shape index (κ2) is 7.01. The molecule has 1 aliphatic rings. The number of nitrogens with zero attached hydrogens (tertiary/aromatic N) is 2. The molecule has 3 heteroatoms. The molecule has 1 heterocycles. The Morgan fingerprint density at radius 3 is 2.79 bits per heavy atom. The van der Waals surface area contributed by atoms with Crippen LogP contribution in [0.25, 0.3) is 0 Å². The lowest BCUT2D eigenvalue weighted by molar-refractivity contribution is 0.234. The molecule has 1 fully saturated rings. The molecule has 0 bridgehead atoms. The molecule has 1 aromatic heterocycles. The topological polar surface area (TPSA) is 28.2 Å². The van der Waals surface area contributed by atoms with Crippen molar-refractivity contribution in [1.82, 2.24) is 15.2 Å². The van der Waals surface area contributed by atoms with Gasteiger partial charge in [0.05, 0.1) is 11.4 Å². The summed E-state index contributed by atoms with van der Waals surface area (Å²) < 4.78 is 0. The van der Waals surface area contributed by atoms with Gasteiger partial charge in [-0.05, 0) is 45.4 Å². The van der Waals surface area contributed by atoms with Crippen molar-refractivity contribution in [3.8, 4) is 0 Å². The van der Waals surface area contributed by atoms with Gasteiger partial charge in [0, 0.05) is 25.2 Å². The van der Waals surface area contributed by atoms with Crippen LogP contribution in [0.5, 0.6) is 0 Å². The van der Waals surface area contributed by atoms with Gasteiger partial charge in [-0.1, -0.05) is 19.4 Å². The van der Waals surface area contributed by atoms with E-state index >= 15 is 0 Å². The molecular formula is C16H27N3. The largest absolute Gasteiger partial charge is 0.308 e. The van der Waals surface area contributed by atoms with Gasteiger partial charge in [0.25, 0.3) is 0 Å². The van der Waals surface area contributed by atoms with Crippen molar-refractivity contribution in [2.75, 3.05) is 7.05 Å². The van der Waals surface area contributed by atoms with Crippen molar-refractivity contribution in [2.24, 2.45) is 0 Å². The van der Waals surface area contributed by atoms with E-state index in [-0.39, 0.29) is 0 Å². The monoisotopic (exact) mass is 261 g/mol. The Kier molecular flexibility index (Phi) is 5.34. The van der Waals surface area contributed by atoms with Gasteiger partial charge in [0.15, 0.2) is 0 Å². The third-order valence-corrected chi connectivity index (χ3v) is 3.88. The normalized spacial score (nSPS) is 16.8. The molecule has 0 radical (unpaired) electrons. The summed E-state index contributed by atoms with van der Waals surface area (Å²) in [5, 5.41) is 3.52. The van der Waals surface area contributed by atoms with Crippen LogP contribution in [0.2, 0.25) is 0 Å². The van der Waals surface area contributed by atoms with E-state index in [1.54, 1.807) is 0 Å². The number of rotatable bonds is 8. The van der Waals surface area contributed by atoms with Crippen LogP contribution in [-0.4, -0.2) is 29.0 Å². The van der Waals surface area contributed by atoms with Crippen LogP contribution in [0.4, 0.5) is 0 Å². The van der Waals surface area contributed by atoms with Crippen LogP contribution < -0.4 is 5.32 Å². The highest BCUT2D eigenvalue weighted by molar-refractivity contribution is 5.11. The lowest BCUT2D eigenvalue weighted by Gasteiger charge is -2.24. The van der Waals surface area contributed by atoms with E-state index in [1.165, 1.54) is 37.1 Å². The fourth-order valence-corrected chi connectivity index (χ4v) is 2.30. The highest BCUT2D eigenvalue weighted by Crippen LogP contribution is 2.19. The van der Waals surface area contributed by atoms with Crippen LogP contribution >= 0.6 is 0 Å². The molecule has 0 saturated heterocycles. The minimum atomic E-state index is 0.625. The summed E-state index contributed by atoms with van der Waals surface area (Å²) in [5.74, 6) is 0. The molecule has 1 unspecified atom stereocenters. The number of hydrogen-bond acceptors (Lipinski definition) is 3. The van der Waals surface area contributed by atoms with Gasteiger partial charge >= 0.3 is 0 Å². The Balaban J connectivity index is 1.86. The van der Waals surface area contributed by atoms with E-state index in [9.17, 15) is 0 Å². The third kappa shape index (κ3) is 4.92. The third-order valence-electron chi connectivity index (χ3n) is 3.88. The average molecular weight is 261 g/mol. The maximum Gasteiger partial charge on any atom is 0.0547 e. The number of pyridine rings is 1. The summed E-state index contributed by atoms with van der Waals surface area (Å²) in [7, 11) is 2.19. The van der Waals surface area contributed by atoms with Crippen LogP contribution in [0.1, 0.15) is 50.9 Å². The van der Waals surface area contributed by atoms with Gasteiger partial charge in [0.1, 0.15) is 0 Å². The van der Waals surface area contributed by atoms with Gasteiger partial charge in [-0.2, -0.15) is 0 Å². The van der Waals surface area contributed by atoms with Gasteiger partial charge in [-0.15, -0.1) is 0 Å². The Morgan fingerprint density at radius 2 is 2.11 bits per heavy atom. The van der Waals surface area contributed by atoms with E-state index in [1.807, 2.05) is 0 Å². The lowest BCUT2D eigenvalue weighted by atomic mass is 10.1. The lowest BCUT2D eigenvalue weighted by Crippen LogP contribution is -2.29. The first-order valence-electron chi connectivity index (χ1n) is 7.57. The van der Waals surface area contributed by atoms with Gasteiger partial charge in [0.2, 0.25) is 0 Å². The van der Waals surface area contributed by atoms with Crippen LogP contribution in [-0.2, 0) is 13.1 Å². The average Bonchev–Trinajstić information content (AvgIpc) is 3.21. The maximum atomic E-state index is 4.75. The van der Waals surface area contributed by atoms with Crippen molar-refractivity contribution < 1.29 is 0 Å². The molecule has 19 heavy (non-hydrogen) atoms. The van der Waals surface area contributed by atoms with Gasteiger partial charge in [-0.3, -0.25) is 9.88 Å². The fourth-order valence-electron chi connectivity index (χ4n) is 2.30. The molecule has 1 N–H and O–H groups in total. The summed E-state index contributed by atoms with van der Waals surface area (Å²) in [4.78, 5) is 7.14. The Morgan fingerprint density at radius 1 is 1.37 bits per heavy atom. The van der Waals surface area contributed by atoms with E-state index in [4.69, 9.17) is 4.98 Å². The van der Waals surface area contributed by atoms with Crippen molar-refractivity contribution in [2.45, 2.75) is 64.7 Å². The SMILES string of the molecule is CCCC(C)N(C)Cc1cccc(CNC2CC2)n1. The first kappa shape index (κ1) is 14.5. The van der Waals surface area contributed by atoms with Crippen LogP contribution in [0.15, 0.2) is 18.2 Å². The minimum absolute atomic E-state index is 0.625. The van der Waals surface area contributed by atoms with Gasteiger partial charge in [-0.25, -0.2) is 0 Å². The molecule has 0 aliphatic heterocycles. The Bertz CT molecular complexity index is 387. The number of hydrogen-bond donors (Lipinski definition) is 1. The Hall–Kier alpha value is -0.930. The fraction of sp³-hybridized carbons (Fsp3) is 0.688. The van der Waals surface area contributed by atoms with E-state index in [0.29, 0.717) is 6.04 Å². The number of aromatic nitrogens is 1. The maximum absolute atomic E-state index is 4.75. The van der Waals surface area contributed by atoms with Crippen molar-refractivity contribution in [1.29, 1.82) is 0 Å². The molecular weight excluding hydrogens is 234 g/mol. The van der Waals surface area contributed by atoms with Crippen molar-refractivity contribution >= 4 is 0 Å². The van der Waals surface area contributed by atoms with E-state index in [2.05, 4.69) is 49.3 Å². The second-order valence-electron chi connectivity index (χ2n) is 5.83. The Labute approximate surface area is 117 Å². The molecule has 1 saturated carbocycles. The zero-order valence-corrected chi connectivity index (χ0v) is 12.5. The highest BCUT2D eigenvalue weighted by atomic mass is 15.1. The summed E-state index contributed by atoms with van der Waals surface area (Å²) >= 11 is 0. The van der Waals surface area contributed by atoms with Crippen molar-refractivity contribution in [3.63, 3.8) is 0 Å². The zero-order valence-electron chi connectivity index (χ0n) is 12.5. The molecule has 106 valence electrons. The molecule has 1 aromatic rings. The summed E-state index contributed by atoms with van der Waals surface area (Å²) in [6.07, 6.45) is 5.15. The standard InChI is InChI=1S/C16H27N3/c1-4-6-13(2)19(3)12-16-8-5-7-15(18-16)11-17-14-9-10-14/h5,7-8,13-14,17H,4,6,9-12H2,1-3H3. The first-order chi connectivity index (χ1) is 9.19. The summed E-state index contributed by atoms with van der Waals surface area (Å²) in [5.41, 5.74) is 2.35. The second-order valence-corrected chi connectivity index (χ2v) is 5.83. The number of nitrogens with one attached hydrogen (secondary N) is 1. The first-order valence-corrected chi connectivity index (χ1v) is 7.57. The summed E-state index contributed by atoms with van der Waals surface area (Å²) in [6.45, 7) is 6.39. The molecule has 0 amide bonds. The molecule has 1 atom stereocenters. The molecule has 0 spiro atoms. The zero-order chi connectivity index (χ0) is 13.7. The summed E-state index contributed by atoms with van der Waals surface area (Å²) in [6, 6.07) is 7.76. The molecule has 1 aliphatic carbocycles. The smallest absolute Gasteiger partial charge is 0.0547 e. The quantitative estimate of drug-likeness (QED) is 0.780. The predicted octanol–water partition coefficient (Wildman–Crippen LogP) is 2.95. The molecule has 0 aromatic carbocycles. The van der Waals surface area contributed by atoms with E-state index < -0.39 is 0 Å². The molecule has 2 rings (SSSR count). The predicted molar refractivity (Wildman–Crippen MR) is 79.9 cm³/mol. The highest BCUT2D eigenvalue weighted by Gasteiger charge is 2.20.